The molecule has 35 heavy (non-hydrogen) atoms. The van der Waals surface area contributed by atoms with Gasteiger partial charge in [-0.3, -0.25) is 9.59 Å². The molecule has 1 saturated carbocycles. The molecule has 1 fully saturated rings. The van der Waals surface area contributed by atoms with E-state index in [0.29, 0.717) is 19.3 Å². The Morgan fingerprint density at radius 3 is 2.31 bits per heavy atom. The van der Waals surface area contributed by atoms with E-state index in [1.54, 1.807) is 0 Å². The molecule has 2 amide bonds. The summed E-state index contributed by atoms with van der Waals surface area (Å²) in [7, 11) is 0. The summed E-state index contributed by atoms with van der Waals surface area (Å²) < 4.78 is 5.64. The Hall–Kier alpha value is -3.35. The molecule has 0 radical (unpaired) electrons. The molecule has 2 aromatic carbocycles. The lowest BCUT2D eigenvalue weighted by molar-refractivity contribution is -0.143. The van der Waals surface area contributed by atoms with Gasteiger partial charge in [0, 0.05) is 24.4 Å². The number of fused-ring (bicyclic) bond motifs is 3. The van der Waals surface area contributed by atoms with Gasteiger partial charge in [-0.2, -0.15) is 0 Å². The molecule has 0 bridgehead atoms. The lowest BCUT2D eigenvalue weighted by Crippen LogP contribution is -2.44. The molecule has 7 heteroatoms. The van der Waals surface area contributed by atoms with Crippen LogP contribution in [0.4, 0.5) is 4.79 Å². The summed E-state index contributed by atoms with van der Waals surface area (Å²) in [5.74, 6) is -1.39. The molecule has 3 N–H and O–H groups in total. The third-order valence-electron chi connectivity index (χ3n) is 7.12. The summed E-state index contributed by atoms with van der Waals surface area (Å²) in [6, 6.07) is 15.9. The summed E-state index contributed by atoms with van der Waals surface area (Å²) in [4.78, 5) is 36.6. The highest BCUT2D eigenvalue weighted by molar-refractivity contribution is 5.80. The fraction of sp³-hybridized carbons (Fsp3) is 0.464. The van der Waals surface area contributed by atoms with E-state index >= 15 is 0 Å². The molecule has 2 aromatic rings. The van der Waals surface area contributed by atoms with Crippen LogP contribution in [0.15, 0.2) is 48.5 Å². The van der Waals surface area contributed by atoms with Gasteiger partial charge < -0.3 is 20.5 Å². The zero-order chi connectivity index (χ0) is 24.8. The number of ether oxygens (including phenoxy) is 1. The lowest BCUT2D eigenvalue weighted by Gasteiger charge is -2.28. The van der Waals surface area contributed by atoms with Gasteiger partial charge in [-0.15, -0.1) is 0 Å². The number of nitrogens with one attached hydrogen (secondary N) is 2. The van der Waals surface area contributed by atoms with Crippen molar-refractivity contribution in [2.45, 2.75) is 69.9 Å². The Bertz CT molecular complexity index is 1020. The molecular weight excluding hydrogens is 444 g/mol. The predicted molar refractivity (Wildman–Crippen MR) is 133 cm³/mol. The van der Waals surface area contributed by atoms with Crippen LogP contribution in [0.2, 0.25) is 0 Å². The van der Waals surface area contributed by atoms with Crippen LogP contribution in [0.5, 0.6) is 0 Å². The first kappa shape index (κ1) is 24.8. The van der Waals surface area contributed by atoms with Crippen LogP contribution in [0, 0.1) is 5.92 Å². The van der Waals surface area contributed by atoms with Gasteiger partial charge in [-0.1, -0.05) is 68.3 Å². The third-order valence-corrected chi connectivity index (χ3v) is 7.12. The van der Waals surface area contributed by atoms with Gasteiger partial charge in [0.25, 0.3) is 0 Å². The van der Waals surface area contributed by atoms with E-state index in [1.807, 2.05) is 31.2 Å². The number of aliphatic carboxylic acids is 1. The van der Waals surface area contributed by atoms with E-state index in [-0.39, 0.29) is 36.9 Å². The minimum atomic E-state index is -0.801. The summed E-state index contributed by atoms with van der Waals surface area (Å²) in [6.45, 7) is 2.23. The molecule has 0 saturated heterocycles. The maximum Gasteiger partial charge on any atom is 0.407 e. The second kappa shape index (κ2) is 11.4. The molecule has 0 spiro atoms. The van der Waals surface area contributed by atoms with E-state index < -0.39 is 18.0 Å². The van der Waals surface area contributed by atoms with Gasteiger partial charge in [-0.25, -0.2) is 4.79 Å². The molecule has 3 atom stereocenters. The Kier molecular flexibility index (Phi) is 8.06. The van der Waals surface area contributed by atoms with E-state index in [0.717, 1.165) is 30.4 Å². The monoisotopic (exact) mass is 478 g/mol. The van der Waals surface area contributed by atoms with Crippen molar-refractivity contribution in [1.29, 1.82) is 0 Å². The first-order valence-electron chi connectivity index (χ1n) is 12.6. The van der Waals surface area contributed by atoms with Crippen molar-refractivity contribution in [3.8, 4) is 11.1 Å². The highest BCUT2D eigenvalue weighted by atomic mass is 16.5. The van der Waals surface area contributed by atoms with Crippen molar-refractivity contribution in [3.63, 3.8) is 0 Å². The number of rotatable bonds is 9. The van der Waals surface area contributed by atoms with Gasteiger partial charge >= 0.3 is 12.1 Å². The molecule has 0 unspecified atom stereocenters. The van der Waals surface area contributed by atoms with Crippen molar-refractivity contribution in [2.24, 2.45) is 5.92 Å². The summed E-state index contributed by atoms with van der Waals surface area (Å²) in [5.41, 5.74) is 4.65. The number of carbonyl (C=O) groups is 3. The van der Waals surface area contributed by atoms with Crippen LogP contribution < -0.4 is 10.6 Å². The molecule has 7 nitrogen and oxygen atoms in total. The van der Waals surface area contributed by atoms with E-state index in [1.165, 1.54) is 11.1 Å². The molecule has 0 heterocycles. The number of carbonyl (C=O) groups excluding carboxylic acids is 2. The van der Waals surface area contributed by atoms with E-state index in [2.05, 4.69) is 34.9 Å². The summed E-state index contributed by atoms with van der Waals surface area (Å²) in [6.07, 6.45) is 3.77. The van der Waals surface area contributed by atoms with Crippen molar-refractivity contribution in [3.05, 3.63) is 59.7 Å². The normalized spacial score (nSPS) is 19.8. The summed E-state index contributed by atoms with van der Waals surface area (Å²) in [5, 5.41) is 15.1. The third kappa shape index (κ3) is 6.02. The maximum atomic E-state index is 12.7. The average Bonchev–Trinajstić information content (AvgIpc) is 3.16. The fourth-order valence-electron chi connectivity index (χ4n) is 5.44. The number of hydrogen-bond donors (Lipinski definition) is 3. The lowest BCUT2D eigenvalue weighted by atomic mass is 9.85. The Morgan fingerprint density at radius 1 is 1.03 bits per heavy atom. The first-order chi connectivity index (χ1) is 17.0. The van der Waals surface area contributed by atoms with Crippen LogP contribution in [0.1, 0.15) is 68.9 Å². The molecule has 4 rings (SSSR count). The van der Waals surface area contributed by atoms with Crippen molar-refractivity contribution in [2.75, 3.05) is 6.61 Å². The van der Waals surface area contributed by atoms with Crippen molar-refractivity contribution >= 4 is 18.0 Å². The molecule has 2 aliphatic carbocycles. The highest BCUT2D eigenvalue weighted by Crippen LogP contribution is 2.44. The Morgan fingerprint density at radius 2 is 1.69 bits per heavy atom. The van der Waals surface area contributed by atoms with Gasteiger partial charge in [0.1, 0.15) is 6.61 Å². The minimum absolute atomic E-state index is 0.0189. The first-order valence-corrected chi connectivity index (χ1v) is 12.6. The van der Waals surface area contributed by atoms with E-state index in [9.17, 15) is 19.5 Å². The Balaban J connectivity index is 1.31. The highest BCUT2D eigenvalue weighted by Gasteiger charge is 2.30. The SMILES string of the molecule is CCC[C@H](CC(=O)N[C@H]1CCC[C@@H](C(=O)O)C1)NC(=O)OCC1c2ccccc2-c2ccccc21. The second-order valence-corrected chi connectivity index (χ2v) is 9.63. The van der Waals surface area contributed by atoms with Crippen molar-refractivity contribution < 1.29 is 24.2 Å². The van der Waals surface area contributed by atoms with Crippen LogP contribution in [0.3, 0.4) is 0 Å². The van der Waals surface area contributed by atoms with Crippen LogP contribution >= 0.6 is 0 Å². The average molecular weight is 479 g/mol. The number of carboxylic acid groups (broad SMARTS) is 1. The standard InChI is InChI=1S/C28H34N2O5/c1-2-8-19(16-26(31)29-20-10-7-9-18(15-20)27(32)33)30-28(34)35-17-25-23-13-5-3-11-21(23)22-12-4-6-14-24(22)25/h3-6,11-14,18-20,25H,2,7-10,15-17H2,1H3,(H,29,31)(H,30,34)(H,32,33)/t18-,19-,20+/m1/s1. The molecule has 186 valence electrons. The van der Waals surface area contributed by atoms with Gasteiger partial charge in [0.05, 0.1) is 5.92 Å². The van der Waals surface area contributed by atoms with Gasteiger partial charge in [-0.05, 0) is 47.9 Å². The van der Waals surface area contributed by atoms with Crippen LogP contribution in [-0.4, -0.2) is 41.8 Å². The second-order valence-electron chi connectivity index (χ2n) is 9.63. The predicted octanol–water partition coefficient (Wildman–Crippen LogP) is 4.84. The zero-order valence-corrected chi connectivity index (χ0v) is 20.2. The minimum Gasteiger partial charge on any atom is -0.481 e. The zero-order valence-electron chi connectivity index (χ0n) is 20.2. The number of hydrogen-bond acceptors (Lipinski definition) is 4. The largest absolute Gasteiger partial charge is 0.481 e. The number of carboxylic acids is 1. The molecule has 0 aromatic heterocycles. The van der Waals surface area contributed by atoms with Crippen molar-refractivity contribution in [1.82, 2.24) is 10.6 Å². The summed E-state index contributed by atoms with van der Waals surface area (Å²) >= 11 is 0. The number of benzene rings is 2. The number of alkyl carbamates (subject to hydrolysis) is 1. The number of amides is 2. The quantitative estimate of drug-likeness (QED) is 0.478. The van der Waals surface area contributed by atoms with Gasteiger partial charge in [0.2, 0.25) is 5.91 Å². The molecule has 0 aliphatic heterocycles. The maximum absolute atomic E-state index is 12.7. The molecular formula is C28H34N2O5. The van der Waals surface area contributed by atoms with E-state index in [4.69, 9.17) is 4.74 Å². The fourth-order valence-corrected chi connectivity index (χ4v) is 5.44. The smallest absolute Gasteiger partial charge is 0.407 e. The Labute approximate surface area is 206 Å². The topological polar surface area (TPSA) is 105 Å². The van der Waals surface area contributed by atoms with Gasteiger partial charge in [0.15, 0.2) is 0 Å². The van der Waals surface area contributed by atoms with Crippen LogP contribution in [0.25, 0.3) is 11.1 Å². The van der Waals surface area contributed by atoms with Crippen LogP contribution in [-0.2, 0) is 14.3 Å². The molecule has 2 aliphatic rings.